The number of rotatable bonds is 4. The van der Waals surface area contributed by atoms with Crippen molar-refractivity contribution < 1.29 is 5.11 Å². The molecule has 1 aromatic heterocycles. The quantitative estimate of drug-likeness (QED) is 0.908. The van der Waals surface area contributed by atoms with Gasteiger partial charge in [0.2, 0.25) is 0 Å². The Hall–Kier alpha value is -1.39. The molecule has 2 atom stereocenters. The molecule has 1 aromatic carbocycles. The molecule has 0 bridgehead atoms. The molecule has 21 heavy (non-hydrogen) atoms. The molecule has 112 valence electrons. The standard InChI is InChI=1S/C16H20ClN3O/c17-15-13-7-3-4-8-14(13)16(20-19-15)18-9-11-5-1-2-6-12(11)10-21/h3-4,7-8,11-12,21H,1-2,5-6,9-10H2,(H,18,20). The van der Waals surface area contributed by atoms with Crippen molar-refractivity contribution in [3.63, 3.8) is 0 Å². The molecule has 1 fully saturated rings. The summed E-state index contributed by atoms with van der Waals surface area (Å²) >= 11 is 6.09. The first-order valence-electron chi connectivity index (χ1n) is 7.55. The third-order valence-electron chi connectivity index (χ3n) is 4.47. The van der Waals surface area contributed by atoms with Crippen LogP contribution in [0.4, 0.5) is 5.82 Å². The first kappa shape index (κ1) is 14.5. The Labute approximate surface area is 129 Å². The van der Waals surface area contributed by atoms with Gasteiger partial charge in [-0.15, -0.1) is 10.2 Å². The molecule has 2 N–H and O–H groups in total. The average Bonchev–Trinajstić information content (AvgIpc) is 2.55. The van der Waals surface area contributed by atoms with Crippen LogP contribution in [0.3, 0.4) is 0 Å². The van der Waals surface area contributed by atoms with Crippen LogP contribution in [0.5, 0.6) is 0 Å². The summed E-state index contributed by atoms with van der Waals surface area (Å²) in [6.07, 6.45) is 4.76. The minimum Gasteiger partial charge on any atom is -0.396 e. The topological polar surface area (TPSA) is 58.0 Å². The molecule has 0 aliphatic heterocycles. The molecule has 3 rings (SSSR count). The van der Waals surface area contributed by atoms with E-state index in [1.165, 1.54) is 12.8 Å². The van der Waals surface area contributed by atoms with Gasteiger partial charge in [0.25, 0.3) is 0 Å². The number of hydrogen-bond donors (Lipinski definition) is 2. The lowest BCUT2D eigenvalue weighted by Gasteiger charge is -2.30. The maximum atomic E-state index is 9.49. The molecule has 1 aliphatic carbocycles. The highest BCUT2D eigenvalue weighted by Gasteiger charge is 2.24. The SMILES string of the molecule is OCC1CCCCC1CNc1nnc(Cl)c2ccccc12. The van der Waals surface area contributed by atoms with E-state index in [9.17, 15) is 5.11 Å². The Balaban J connectivity index is 1.77. The predicted octanol–water partition coefficient (Wildman–Crippen LogP) is 3.49. The molecule has 5 heteroatoms. The van der Waals surface area contributed by atoms with Crippen LogP contribution >= 0.6 is 11.6 Å². The van der Waals surface area contributed by atoms with Crippen LogP contribution in [0, 0.1) is 11.8 Å². The van der Waals surface area contributed by atoms with Gasteiger partial charge >= 0.3 is 0 Å². The minimum atomic E-state index is 0.277. The van der Waals surface area contributed by atoms with Crippen LogP contribution in [-0.2, 0) is 0 Å². The van der Waals surface area contributed by atoms with Crippen LogP contribution in [0.2, 0.25) is 5.15 Å². The highest BCUT2D eigenvalue weighted by molar-refractivity contribution is 6.34. The molecule has 1 heterocycles. The fourth-order valence-electron chi connectivity index (χ4n) is 3.22. The lowest BCUT2D eigenvalue weighted by Crippen LogP contribution is -2.28. The van der Waals surface area contributed by atoms with E-state index in [2.05, 4.69) is 15.5 Å². The Morgan fingerprint density at radius 3 is 2.57 bits per heavy atom. The Bertz CT molecular complexity index is 619. The number of fused-ring (bicyclic) bond motifs is 1. The number of nitrogens with zero attached hydrogens (tertiary/aromatic N) is 2. The average molecular weight is 306 g/mol. The fraction of sp³-hybridized carbons (Fsp3) is 0.500. The number of aliphatic hydroxyl groups excluding tert-OH is 1. The summed E-state index contributed by atoms with van der Waals surface area (Å²) in [6.45, 7) is 1.10. The van der Waals surface area contributed by atoms with Gasteiger partial charge in [-0.2, -0.15) is 0 Å². The van der Waals surface area contributed by atoms with Crippen LogP contribution in [0.15, 0.2) is 24.3 Å². The molecule has 0 spiro atoms. The molecule has 0 saturated heterocycles. The third-order valence-corrected chi connectivity index (χ3v) is 4.75. The number of anilines is 1. The molecule has 4 nitrogen and oxygen atoms in total. The number of nitrogens with one attached hydrogen (secondary N) is 1. The maximum absolute atomic E-state index is 9.49. The van der Waals surface area contributed by atoms with Crippen molar-refractivity contribution in [3.05, 3.63) is 29.4 Å². The highest BCUT2D eigenvalue weighted by Crippen LogP contribution is 2.31. The molecule has 1 saturated carbocycles. The second-order valence-corrected chi connectivity index (χ2v) is 6.11. The van der Waals surface area contributed by atoms with Gasteiger partial charge in [-0.25, -0.2) is 0 Å². The lowest BCUT2D eigenvalue weighted by molar-refractivity contribution is 0.141. The van der Waals surface area contributed by atoms with E-state index in [1.54, 1.807) is 0 Å². The molecule has 0 radical (unpaired) electrons. The summed E-state index contributed by atoms with van der Waals surface area (Å²) in [7, 11) is 0. The Morgan fingerprint density at radius 2 is 1.81 bits per heavy atom. The van der Waals surface area contributed by atoms with Crippen molar-refractivity contribution in [1.29, 1.82) is 0 Å². The zero-order valence-corrected chi connectivity index (χ0v) is 12.7. The summed E-state index contributed by atoms with van der Waals surface area (Å²) in [6, 6.07) is 7.88. The normalized spacial score (nSPS) is 22.4. The van der Waals surface area contributed by atoms with E-state index in [0.717, 1.165) is 36.0 Å². The monoisotopic (exact) mass is 305 g/mol. The second-order valence-electron chi connectivity index (χ2n) is 5.75. The molecule has 0 amide bonds. The molecule has 2 aromatic rings. The number of halogens is 1. The number of hydrogen-bond acceptors (Lipinski definition) is 4. The zero-order chi connectivity index (χ0) is 14.7. The van der Waals surface area contributed by atoms with Crippen molar-refractivity contribution in [3.8, 4) is 0 Å². The summed E-state index contributed by atoms with van der Waals surface area (Å²) in [5.41, 5.74) is 0. The molecular weight excluding hydrogens is 286 g/mol. The van der Waals surface area contributed by atoms with Gasteiger partial charge in [-0.05, 0) is 24.7 Å². The first-order chi connectivity index (χ1) is 10.3. The summed E-state index contributed by atoms with van der Waals surface area (Å²) in [4.78, 5) is 0. The number of benzene rings is 1. The Kier molecular flexibility index (Phi) is 4.56. The van der Waals surface area contributed by atoms with Gasteiger partial charge in [0.05, 0.1) is 0 Å². The van der Waals surface area contributed by atoms with Gasteiger partial charge < -0.3 is 10.4 Å². The number of aliphatic hydroxyl groups is 1. The summed E-state index contributed by atoms with van der Waals surface area (Å²) < 4.78 is 0. The van der Waals surface area contributed by atoms with Gasteiger partial charge in [-0.3, -0.25) is 0 Å². The minimum absolute atomic E-state index is 0.277. The summed E-state index contributed by atoms with van der Waals surface area (Å²) in [5.74, 6) is 1.68. The maximum Gasteiger partial charge on any atom is 0.159 e. The fourth-order valence-corrected chi connectivity index (χ4v) is 3.43. The van der Waals surface area contributed by atoms with Gasteiger partial charge in [0.1, 0.15) is 0 Å². The number of aromatic nitrogens is 2. The van der Waals surface area contributed by atoms with E-state index in [4.69, 9.17) is 11.6 Å². The zero-order valence-electron chi connectivity index (χ0n) is 11.9. The van der Waals surface area contributed by atoms with E-state index < -0.39 is 0 Å². The van der Waals surface area contributed by atoms with E-state index in [-0.39, 0.29) is 6.61 Å². The van der Waals surface area contributed by atoms with E-state index >= 15 is 0 Å². The van der Waals surface area contributed by atoms with E-state index in [0.29, 0.717) is 17.0 Å². The molecule has 1 aliphatic rings. The van der Waals surface area contributed by atoms with E-state index in [1.807, 2.05) is 24.3 Å². The smallest absolute Gasteiger partial charge is 0.159 e. The first-order valence-corrected chi connectivity index (χ1v) is 7.93. The largest absolute Gasteiger partial charge is 0.396 e. The van der Waals surface area contributed by atoms with Crippen molar-refractivity contribution in [1.82, 2.24) is 10.2 Å². The van der Waals surface area contributed by atoms with Crippen LogP contribution in [0.25, 0.3) is 10.8 Å². The molecular formula is C16H20ClN3O. The second kappa shape index (κ2) is 6.58. The predicted molar refractivity (Wildman–Crippen MR) is 85.6 cm³/mol. The van der Waals surface area contributed by atoms with Gasteiger partial charge in [-0.1, -0.05) is 48.7 Å². The van der Waals surface area contributed by atoms with Crippen molar-refractivity contribution in [2.75, 3.05) is 18.5 Å². The molecule has 2 unspecified atom stereocenters. The Morgan fingerprint density at radius 1 is 1.10 bits per heavy atom. The third kappa shape index (κ3) is 3.11. The van der Waals surface area contributed by atoms with Crippen molar-refractivity contribution in [2.24, 2.45) is 11.8 Å². The van der Waals surface area contributed by atoms with Gasteiger partial charge in [0, 0.05) is 23.9 Å². The summed E-state index contributed by atoms with van der Waals surface area (Å²) in [5, 5.41) is 23.4. The highest BCUT2D eigenvalue weighted by atomic mass is 35.5. The lowest BCUT2D eigenvalue weighted by atomic mass is 9.79. The van der Waals surface area contributed by atoms with Crippen molar-refractivity contribution >= 4 is 28.2 Å². The van der Waals surface area contributed by atoms with Crippen molar-refractivity contribution in [2.45, 2.75) is 25.7 Å². The van der Waals surface area contributed by atoms with Crippen LogP contribution in [-0.4, -0.2) is 28.5 Å². The van der Waals surface area contributed by atoms with Crippen LogP contribution in [0.1, 0.15) is 25.7 Å². The van der Waals surface area contributed by atoms with Crippen LogP contribution < -0.4 is 5.32 Å². The van der Waals surface area contributed by atoms with Gasteiger partial charge in [0.15, 0.2) is 11.0 Å².